The van der Waals surface area contributed by atoms with Crippen molar-refractivity contribution in [1.82, 2.24) is 9.88 Å². The van der Waals surface area contributed by atoms with Gasteiger partial charge >= 0.3 is 0 Å². The van der Waals surface area contributed by atoms with Gasteiger partial charge in [-0.15, -0.1) is 0 Å². The summed E-state index contributed by atoms with van der Waals surface area (Å²) in [5.41, 5.74) is 2.18. The maximum Gasteiger partial charge on any atom is 0.123 e. The van der Waals surface area contributed by atoms with E-state index in [4.69, 9.17) is 0 Å². The summed E-state index contributed by atoms with van der Waals surface area (Å²) >= 11 is 0. The molecule has 0 heterocycles. The Hall–Kier alpha value is 0.137. The molecule has 0 aromatic heterocycles. The minimum absolute atomic E-state index is 0.227. The lowest BCUT2D eigenvalue weighted by Gasteiger charge is -2.58. The van der Waals surface area contributed by atoms with Crippen LogP contribution < -0.4 is 4.98 Å². The van der Waals surface area contributed by atoms with Crippen molar-refractivity contribution in [2.45, 2.75) is 111 Å². The monoisotopic (exact) mass is 406 g/mol. The van der Waals surface area contributed by atoms with Crippen LogP contribution in [0.2, 0.25) is 18.6 Å². The fraction of sp³-hybridized carbons (Fsp3) is 1.00. The van der Waals surface area contributed by atoms with Crippen LogP contribution in [0.3, 0.4) is 0 Å². The van der Waals surface area contributed by atoms with E-state index in [9.17, 15) is 0 Å². The fourth-order valence-corrected chi connectivity index (χ4v) is 12.4. The van der Waals surface area contributed by atoms with E-state index < -0.39 is 8.24 Å². The van der Waals surface area contributed by atoms with E-state index in [0.29, 0.717) is 10.8 Å². The van der Waals surface area contributed by atoms with E-state index in [0.717, 1.165) is 35.3 Å². The molecule has 3 saturated carbocycles. The average Bonchev–Trinajstić information content (AvgIpc) is 2.88. The first-order valence-corrected chi connectivity index (χ1v) is 15.1. The van der Waals surface area contributed by atoms with Crippen LogP contribution in [0.5, 0.6) is 0 Å². The summed E-state index contributed by atoms with van der Waals surface area (Å²) in [7, 11) is 3.17. The van der Waals surface area contributed by atoms with Crippen LogP contribution in [0.4, 0.5) is 0 Å². The highest BCUT2D eigenvalue weighted by Gasteiger charge is 2.59. The van der Waals surface area contributed by atoms with Gasteiger partial charge in [0, 0.05) is 11.6 Å². The van der Waals surface area contributed by atoms with Gasteiger partial charge in [0.2, 0.25) is 0 Å². The zero-order valence-electron chi connectivity index (χ0n) is 20.9. The van der Waals surface area contributed by atoms with Crippen molar-refractivity contribution in [1.29, 1.82) is 0 Å². The quantitative estimate of drug-likeness (QED) is 0.546. The second kappa shape index (κ2) is 7.09. The number of hydrogen-bond donors (Lipinski definition) is 1. The van der Waals surface area contributed by atoms with Crippen LogP contribution in [0.1, 0.15) is 80.6 Å². The van der Waals surface area contributed by atoms with Gasteiger partial charge in [-0.2, -0.15) is 0 Å². The van der Waals surface area contributed by atoms with Crippen molar-refractivity contribution in [2.24, 2.45) is 34.5 Å². The molecule has 0 aromatic carbocycles. The smallest absolute Gasteiger partial charge is 0.123 e. The molecule has 0 saturated heterocycles. The highest BCUT2D eigenvalue weighted by atomic mass is 28.3. The lowest BCUT2D eigenvalue weighted by atomic mass is 9.48. The second-order valence-electron chi connectivity index (χ2n) is 14.0. The third-order valence-electron chi connectivity index (χ3n) is 9.30. The first-order chi connectivity index (χ1) is 12.6. The predicted molar refractivity (Wildman–Crippen MR) is 126 cm³/mol. The molecule has 0 aliphatic heterocycles. The van der Waals surface area contributed by atoms with Gasteiger partial charge in [-0.05, 0) is 107 Å². The lowest BCUT2D eigenvalue weighted by Crippen LogP contribution is -2.58. The van der Waals surface area contributed by atoms with Crippen molar-refractivity contribution in [2.75, 3.05) is 14.1 Å². The third kappa shape index (κ3) is 4.14. The number of nitrogens with one attached hydrogen (secondary N) is 1. The van der Waals surface area contributed by atoms with Gasteiger partial charge in [-0.3, -0.25) is 0 Å². The molecule has 0 aromatic rings. The minimum Gasteiger partial charge on any atom is -0.332 e. The Morgan fingerprint density at radius 2 is 1.29 bits per heavy atom. The fourth-order valence-electron chi connectivity index (χ4n) is 8.00. The molecule has 6 atom stereocenters. The van der Waals surface area contributed by atoms with Crippen molar-refractivity contribution >= 4 is 8.24 Å². The topological polar surface area (TPSA) is 15.3 Å². The van der Waals surface area contributed by atoms with E-state index in [1.807, 2.05) is 0 Å². The second-order valence-corrected chi connectivity index (χ2v) is 18.4. The summed E-state index contributed by atoms with van der Waals surface area (Å²) in [5, 5.41) is 0. The van der Waals surface area contributed by atoms with Crippen LogP contribution in [0.15, 0.2) is 0 Å². The molecule has 0 radical (unpaired) electrons. The van der Waals surface area contributed by atoms with E-state index in [1.54, 1.807) is 0 Å². The van der Waals surface area contributed by atoms with Gasteiger partial charge in [0.15, 0.2) is 0 Å². The molecule has 6 unspecified atom stereocenters. The number of hydrogen-bond acceptors (Lipinski definition) is 2. The van der Waals surface area contributed by atoms with E-state index in [2.05, 4.69) is 85.5 Å². The molecule has 0 amide bonds. The average molecular weight is 407 g/mol. The van der Waals surface area contributed by atoms with Crippen LogP contribution in [0.25, 0.3) is 0 Å². The normalized spacial score (nSPS) is 40.3. The zero-order valence-corrected chi connectivity index (χ0v) is 21.9. The van der Waals surface area contributed by atoms with E-state index >= 15 is 0 Å². The summed E-state index contributed by atoms with van der Waals surface area (Å²) in [6.45, 7) is 22.7. The molecule has 3 rings (SSSR count). The number of fused-ring (bicyclic) bond motifs is 2. The molecular formula is C25H50N2Si. The van der Waals surface area contributed by atoms with Crippen molar-refractivity contribution in [3.8, 4) is 0 Å². The first-order valence-electron chi connectivity index (χ1n) is 12.0. The lowest BCUT2D eigenvalue weighted by molar-refractivity contribution is -0.0787. The summed E-state index contributed by atoms with van der Waals surface area (Å²) in [5.74, 6) is 3.67. The molecule has 164 valence electrons. The van der Waals surface area contributed by atoms with Gasteiger partial charge < -0.3 is 9.88 Å². The van der Waals surface area contributed by atoms with Crippen molar-refractivity contribution in [3.63, 3.8) is 0 Å². The van der Waals surface area contributed by atoms with Gasteiger partial charge in [-0.1, -0.05) is 40.8 Å². The molecule has 3 heteroatoms. The van der Waals surface area contributed by atoms with Crippen molar-refractivity contribution in [3.05, 3.63) is 0 Å². The van der Waals surface area contributed by atoms with E-state index in [-0.39, 0.29) is 5.54 Å². The van der Waals surface area contributed by atoms with Gasteiger partial charge in [0.1, 0.15) is 8.24 Å². The summed E-state index contributed by atoms with van der Waals surface area (Å²) in [4.78, 5) is 6.74. The number of rotatable bonds is 3. The van der Waals surface area contributed by atoms with Crippen LogP contribution in [0, 0.1) is 34.5 Å². The Labute approximate surface area is 177 Å². The minimum atomic E-state index is -1.52. The van der Waals surface area contributed by atoms with Gasteiger partial charge in [0.05, 0.1) is 0 Å². The van der Waals surface area contributed by atoms with Gasteiger partial charge in [-0.25, -0.2) is 0 Å². The molecule has 1 N–H and O–H groups in total. The highest BCUT2D eigenvalue weighted by molar-refractivity contribution is 6.76. The maximum absolute atomic E-state index is 4.16. The standard InChI is InChI=1S/C25H50N2Si/c1-23(2,3)26-28(10,11)22-16-21(27(8)9)17-14-19-20(15-18(17)22)25(6,7)13-12-24(19,4)5/h17-22,26H,12-16H2,1-11H3. The van der Waals surface area contributed by atoms with Crippen LogP contribution >= 0.6 is 0 Å². The molecule has 2 nitrogen and oxygen atoms in total. The molecule has 0 bridgehead atoms. The molecule has 3 fully saturated rings. The van der Waals surface area contributed by atoms with Crippen LogP contribution in [-0.4, -0.2) is 38.8 Å². The maximum atomic E-state index is 4.16. The zero-order chi connectivity index (χ0) is 21.3. The predicted octanol–water partition coefficient (Wildman–Crippen LogP) is 6.39. The third-order valence-corrected chi connectivity index (χ3v) is 13.2. The summed E-state index contributed by atoms with van der Waals surface area (Å²) in [6, 6.07) is 0.783. The first kappa shape index (κ1) is 22.8. The van der Waals surface area contributed by atoms with E-state index in [1.165, 1.54) is 32.1 Å². The van der Waals surface area contributed by atoms with Crippen LogP contribution in [-0.2, 0) is 0 Å². The molecule has 3 aliphatic carbocycles. The largest absolute Gasteiger partial charge is 0.332 e. The molecule has 3 aliphatic rings. The Morgan fingerprint density at radius 1 is 0.821 bits per heavy atom. The van der Waals surface area contributed by atoms with Crippen molar-refractivity contribution < 1.29 is 0 Å². The Balaban J connectivity index is 1.94. The molecular weight excluding hydrogens is 356 g/mol. The Morgan fingerprint density at radius 3 is 1.71 bits per heavy atom. The molecule has 0 spiro atoms. The highest BCUT2D eigenvalue weighted by Crippen LogP contribution is 2.65. The summed E-state index contributed by atoms with van der Waals surface area (Å²) in [6.07, 6.45) is 7.22. The Bertz CT molecular complexity index is 572. The number of nitrogens with zero attached hydrogens (tertiary/aromatic N) is 1. The molecule has 28 heavy (non-hydrogen) atoms. The SMILES string of the molecule is CN(C)C1CC([Si](C)(C)NC(C)(C)C)C2CC3C(CC21)C(C)(C)CCC3(C)C. The summed E-state index contributed by atoms with van der Waals surface area (Å²) < 4.78 is 0. The van der Waals surface area contributed by atoms with Gasteiger partial charge in [0.25, 0.3) is 0 Å². The Kier molecular flexibility index (Phi) is 5.78.